The number of esters is 1. The molecule has 1 aliphatic heterocycles. The van der Waals surface area contributed by atoms with Crippen LogP contribution in [0, 0.1) is 10.1 Å². The number of fused-ring (bicyclic) bond motifs is 1. The molecule has 1 atom stereocenters. The number of carbonyl (C=O) groups is 3. The van der Waals surface area contributed by atoms with E-state index in [9.17, 15) is 24.5 Å². The predicted molar refractivity (Wildman–Crippen MR) is 116 cm³/mol. The van der Waals surface area contributed by atoms with Crippen molar-refractivity contribution in [3.8, 4) is 11.5 Å². The number of non-ortho nitro benzene ring substituents is 1. The highest BCUT2D eigenvalue weighted by atomic mass is 16.6. The lowest BCUT2D eigenvalue weighted by Gasteiger charge is -2.26. The molecule has 1 heterocycles. The average Bonchev–Trinajstić information content (AvgIpc) is 3.08. The van der Waals surface area contributed by atoms with Crippen LogP contribution in [0.3, 0.4) is 0 Å². The maximum atomic E-state index is 13.1. The van der Waals surface area contributed by atoms with Crippen LogP contribution in [0.15, 0.2) is 72.8 Å². The number of methoxy groups -OCH3 is 1. The van der Waals surface area contributed by atoms with Gasteiger partial charge in [-0.15, -0.1) is 0 Å². The quantitative estimate of drug-likeness (QED) is 0.177. The molecule has 0 saturated heterocycles. The van der Waals surface area contributed by atoms with Gasteiger partial charge in [0.25, 0.3) is 17.5 Å². The number of hydrogen-bond donors (Lipinski definition) is 0. The molecule has 0 spiro atoms. The van der Waals surface area contributed by atoms with Crippen LogP contribution in [0.1, 0.15) is 38.7 Å². The average molecular weight is 446 g/mol. The fourth-order valence-corrected chi connectivity index (χ4v) is 3.64. The number of nitrogens with zero attached hydrogens (tertiary/aromatic N) is 2. The summed E-state index contributed by atoms with van der Waals surface area (Å²) < 4.78 is 10.5. The molecule has 0 fully saturated rings. The summed E-state index contributed by atoms with van der Waals surface area (Å²) in [6.45, 7) is 0. The largest absolute Gasteiger partial charge is 0.497 e. The van der Waals surface area contributed by atoms with E-state index in [-0.39, 0.29) is 29.0 Å². The molecule has 0 N–H and O–H groups in total. The molecule has 9 nitrogen and oxygen atoms in total. The lowest BCUT2D eigenvalue weighted by atomic mass is 10.0. The van der Waals surface area contributed by atoms with Crippen LogP contribution >= 0.6 is 0 Å². The second kappa shape index (κ2) is 8.91. The number of rotatable bonds is 7. The Morgan fingerprint density at radius 2 is 1.45 bits per heavy atom. The van der Waals surface area contributed by atoms with E-state index in [1.165, 1.54) is 31.4 Å². The molecule has 1 aliphatic rings. The fraction of sp³-hybridized carbons (Fsp3) is 0.125. The summed E-state index contributed by atoms with van der Waals surface area (Å²) in [7, 11) is 1.51. The summed E-state index contributed by atoms with van der Waals surface area (Å²) in [6.07, 6.45) is -0.311. The van der Waals surface area contributed by atoms with Crippen LogP contribution in [-0.2, 0) is 4.79 Å². The Balaban J connectivity index is 1.62. The zero-order chi connectivity index (χ0) is 23.5. The van der Waals surface area contributed by atoms with E-state index in [1.807, 2.05) is 0 Å². The van der Waals surface area contributed by atoms with Gasteiger partial charge in [0, 0.05) is 12.1 Å². The molecule has 9 heteroatoms. The molecular weight excluding hydrogens is 428 g/mol. The standard InChI is InChI=1S/C24H18N2O7/c1-32-17-10-6-15(7-11-17)21(25-23(28)19-4-2-3-5-20(19)24(25)29)14-22(27)33-18-12-8-16(9-13-18)26(30)31/h2-13,21H,14H2,1H3/t21-/m0/s1. The van der Waals surface area contributed by atoms with E-state index >= 15 is 0 Å². The van der Waals surface area contributed by atoms with E-state index in [4.69, 9.17) is 9.47 Å². The first-order valence-corrected chi connectivity index (χ1v) is 9.95. The van der Waals surface area contributed by atoms with E-state index < -0.39 is 28.7 Å². The summed E-state index contributed by atoms with van der Waals surface area (Å²) in [5.41, 5.74) is 0.942. The molecule has 0 aromatic heterocycles. The lowest BCUT2D eigenvalue weighted by Crippen LogP contribution is -2.36. The van der Waals surface area contributed by atoms with Gasteiger partial charge in [0.15, 0.2) is 0 Å². The van der Waals surface area contributed by atoms with E-state index in [1.54, 1.807) is 48.5 Å². The Kier molecular flexibility index (Phi) is 5.86. The van der Waals surface area contributed by atoms with Crippen LogP contribution in [0.2, 0.25) is 0 Å². The smallest absolute Gasteiger partial charge is 0.313 e. The van der Waals surface area contributed by atoms with Gasteiger partial charge in [-0.05, 0) is 42.0 Å². The van der Waals surface area contributed by atoms with E-state index in [0.717, 1.165) is 4.90 Å². The Hall–Kier alpha value is -4.53. The first-order valence-electron chi connectivity index (χ1n) is 9.95. The van der Waals surface area contributed by atoms with Crippen LogP contribution in [-0.4, -0.2) is 34.7 Å². The number of carbonyl (C=O) groups excluding carboxylic acids is 3. The van der Waals surface area contributed by atoms with E-state index in [2.05, 4.69) is 0 Å². The van der Waals surface area contributed by atoms with Gasteiger partial charge in [-0.25, -0.2) is 0 Å². The van der Waals surface area contributed by atoms with Crippen molar-refractivity contribution in [1.82, 2.24) is 4.90 Å². The minimum atomic E-state index is -0.922. The molecule has 0 unspecified atom stereocenters. The van der Waals surface area contributed by atoms with Crippen molar-refractivity contribution in [2.24, 2.45) is 0 Å². The fourth-order valence-electron chi connectivity index (χ4n) is 3.64. The number of ether oxygens (including phenoxy) is 2. The number of imide groups is 1. The van der Waals surface area contributed by atoms with Crippen molar-refractivity contribution in [3.05, 3.63) is 99.6 Å². The van der Waals surface area contributed by atoms with Gasteiger partial charge in [0.1, 0.15) is 11.5 Å². The van der Waals surface area contributed by atoms with Gasteiger partial charge < -0.3 is 9.47 Å². The van der Waals surface area contributed by atoms with Gasteiger partial charge >= 0.3 is 5.97 Å². The highest BCUT2D eigenvalue weighted by molar-refractivity contribution is 6.21. The molecule has 0 saturated carbocycles. The highest BCUT2D eigenvalue weighted by Crippen LogP contribution is 2.34. The monoisotopic (exact) mass is 446 g/mol. The maximum absolute atomic E-state index is 13.1. The van der Waals surface area contributed by atoms with Gasteiger partial charge in [0.05, 0.1) is 35.6 Å². The van der Waals surface area contributed by atoms with Crippen LogP contribution in [0.5, 0.6) is 11.5 Å². The lowest BCUT2D eigenvalue weighted by molar-refractivity contribution is -0.384. The summed E-state index contributed by atoms with van der Waals surface area (Å²) in [5, 5.41) is 10.8. The van der Waals surface area contributed by atoms with Crippen molar-refractivity contribution >= 4 is 23.5 Å². The summed E-state index contributed by atoms with van der Waals surface area (Å²) in [4.78, 5) is 50.2. The SMILES string of the molecule is COc1ccc([C@H](CC(=O)Oc2ccc([N+](=O)[O-])cc2)N2C(=O)c3ccccc3C2=O)cc1. The second-order valence-electron chi connectivity index (χ2n) is 7.24. The Labute approximate surface area is 188 Å². The van der Waals surface area contributed by atoms with Crippen LogP contribution in [0.4, 0.5) is 5.69 Å². The molecule has 33 heavy (non-hydrogen) atoms. The number of nitro groups is 1. The molecule has 0 aliphatic carbocycles. The third kappa shape index (κ3) is 4.29. The predicted octanol–water partition coefficient (Wildman–Crippen LogP) is 3.94. The summed E-state index contributed by atoms with van der Waals surface area (Å²) in [6, 6.07) is 17.3. The van der Waals surface area contributed by atoms with Crippen molar-refractivity contribution in [2.45, 2.75) is 12.5 Å². The number of amides is 2. The molecular formula is C24H18N2O7. The molecule has 3 aromatic carbocycles. The normalized spacial score (nSPS) is 13.4. The Morgan fingerprint density at radius 1 is 0.909 bits per heavy atom. The molecule has 4 rings (SSSR count). The van der Waals surface area contributed by atoms with Crippen LogP contribution < -0.4 is 9.47 Å². The molecule has 0 radical (unpaired) electrons. The number of hydrogen-bond acceptors (Lipinski definition) is 7. The second-order valence-corrected chi connectivity index (χ2v) is 7.24. The molecule has 0 bridgehead atoms. The Morgan fingerprint density at radius 3 is 1.97 bits per heavy atom. The van der Waals surface area contributed by atoms with Crippen LogP contribution in [0.25, 0.3) is 0 Å². The molecule has 2 amide bonds. The first-order chi connectivity index (χ1) is 15.9. The topological polar surface area (TPSA) is 116 Å². The maximum Gasteiger partial charge on any atom is 0.313 e. The Bertz CT molecular complexity index is 1200. The molecule has 3 aromatic rings. The van der Waals surface area contributed by atoms with Crippen molar-refractivity contribution in [3.63, 3.8) is 0 Å². The van der Waals surface area contributed by atoms with Gasteiger partial charge in [-0.2, -0.15) is 0 Å². The minimum Gasteiger partial charge on any atom is -0.497 e. The number of benzene rings is 3. The zero-order valence-electron chi connectivity index (χ0n) is 17.5. The van der Waals surface area contributed by atoms with Gasteiger partial charge in [-0.3, -0.25) is 29.4 Å². The van der Waals surface area contributed by atoms with Gasteiger partial charge in [-0.1, -0.05) is 24.3 Å². The first kappa shape index (κ1) is 21.7. The third-order valence-electron chi connectivity index (χ3n) is 5.28. The third-order valence-corrected chi connectivity index (χ3v) is 5.28. The summed E-state index contributed by atoms with van der Waals surface area (Å²) in [5.74, 6) is -1.02. The molecule has 166 valence electrons. The zero-order valence-corrected chi connectivity index (χ0v) is 17.5. The van der Waals surface area contributed by atoms with Crippen molar-refractivity contribution in [2.75, 3.05) is 7.11 Å². The number of nitro benzene ring substituents is 1. The minimum absolute atomic E-state index is 0.112. The van der Waals surface area contributed by atoms with Crippen molar-refractivity contribution < 1.29 is 28.8 Å². The summed E-state index contributed by atoms with van der Waals surface area (Å²) >= 11 is 0. The highest BCUT2D eigenvalue weighted by Gasteiger charge is 2.41. The van der Waals surface area contributed by atoms with E-state index in [0.29, 0.717) is 11.3 Å². The van der Waals surface area contributed by atoms with Crippen molar-refractivity contribution in [1.29, 1.82) is 0 Å². The van der Waals surface area contributed by atoms with Gasteiger partial charge in [0.2, 0.25) is 0 Å².